The standard InChI is InChI=1S/C25H35N3O4/c1-5-27-13-15-28(16-14-27)21-12-10-9-11-20(21)26-25(29)19-17-22(30-6-2)24(32-8-4)23(18-19)31-7-3/h9-12,17-18H,5-8,13-16H2,1-4H3,(H,26,29). The second kappa shape index (κ2) is 11.6. The lowest BCUT2D eigenvalue weighted by Gasteiger charge is -2.36. The molecule has 2 aromatic rings. The number of hydrogen-bond acceptors (Lipinski definition) is 6. The van der Waals surface area contributed by atoms with Crippen LogP contribution in [0.2, 0.25) is 0 Å². The van der Waals surface area contributed by atoms with E-state index in [0.29, 0.717) is 42.6 Å². The van der Waals surface area contributed by atoms with Crippen LogP contribution in [0, 0.1) is 0 Å². The van der Waals surface area contributed by atoms with Crippen LogP contribution in [0.1, 0.15) is 38.1 Å². The summed E-state index contributed by atoms with van der Waals surface area (Å²) < 4.78 is 17.3. The number of rotatable bonds is 10. The number of ether oxygens (including phenoxy) is 3. The summed E-state index contributed by atoms with van der Waals surface area (Å²) in [7, 11) is 0. The van der Waals surface area contributed by atoms with Crippen LogP contribution in [0.25, 0.3) is 0 Å². The van der Waals surface area contributed by atoms with Crippen LogP contribution in [0.4, 0.5) is 11.4 Å². The fraction of sp³-hybridized carbons (Fsp3) is 0.480. The molecule has 0 radical (unpaired) electrons. The van der Waals surface area contributed by atoms with Gasteiger partial charge in [0.05, 0.1) is 31.2 Å². The molecule has 1 heterocycles. The monoisotopic (exact) mass is 441 g/mol. The van der Waals surface area contributed by atoms with Crippen molar-refractivity contribution in [2.45, 2.75) is 27.7 Å². The van der Waals surface area contributed by atoms with E-state index >= 15 is 0 Å². The maximum Gasteiger partial charge on any atom is 0.255 e. The number of carbonyl (C=O) groups excluding carboxylic acids is 1. The topological polar surface area (TPSA) is 63.3 Å². The van der Waals surface area contributed by atoms with Crippen molar-refractivity contribution in [3.8, 4) is 17.2 Å². The second-order valence-corrected chi connectivity index (χ2v) is 7.49. The van der Waals surface area contributed by atoms with Gasteiger partial charge >= 0.3 is 0 Å². The van der Waals surface area contributed by atoms with Gasteiger partial charge < -0.3 is 29.3 Å². The van der Waals surface area contributed by atoms with Crippen molar-refractivity contribution in [3.63, 3.8) is 0 Å². The summed E-state index contributed by atoms with van der Waals surface area (Å²) in [4.78, 5) is 18.0. The molecular formula is C25H35N3O4. The fourth-order valence-corrected chi connectivity index (χ4v) is 3.87. The number of nitrogens with zero attached hydrogens (tertiary/aromatic N) is 2. The third kappa shape index (κ3) is 5.65. The fourth-order valence-electron chi connectivity index (χ4n) is 3.87. The van der Waals surface area contributed by atoms with Crippen LogP contribution >= 0.6 is 0 Å². The van der Waals surface area contributed by atoms with Crippen molar-refractivity contribution >= 4 is 17.3 Å². The molecular weight excluding hydrogens is 406 g/mol. The Hall–Kier alpha value is -2.93. The van der Waals surface area contributed by atoms with Crippen molar-refractivity contribution in [3.05, 3.63) is 42.0 Å². The van der Waals surface area contributed by atoms with Crippen LogP contribution in [0.5, 0.6) is 17.2 Å². The number of hydrogen-bond donors (Lipinski definition) is 1. The van der Waals surface area contributed by atoms with Gasteiger partial charge in [-0.1, -0.05) is 19.1 Å². The Bertz CT molecular complexity index is 868. The lowest BCUT2D eigenvalue weighted by atomic mass is 10.1. The average Bonchev–Trinajstić information content (AvgIpc) is 2.81. The van der Waals surface area contributed by atoms with E-state index < -0.39 is 0 Å². The molecule has 1 saturated heterocycles. The Balaban J connectivity index is 1.86. The Labute approximate surface area is 191 Å². The number of carbonyl (C=O) groups is 1. The Kier molecular flexibility index (Phi) is 8.62. The summed E-state index contributed by atoms with van der Waals surface area (Å²) in [5, 5.41) is 3.09. The molecule has 0 saturated carbocycles. The van der Waals surface area contributed by atoms with Crippen molar-refractivity contribution < 1.29 is 19.0 Å². The zero-order chi connectivity index (χ0) is 22.9. The molecule has 2 aromatic carbocycles. The van der Waals surface area contributed by atoms with E-state index in [9.17, 15) is 4.79 Å². The number of piperazine rings is 1. The molecule has 0 unspecified atom stereocenters. The molecule has 7 heteroatoms. The summed E-state index contributed by atoms with van der Waals surface area (Å²) in [5.74, 6) is 1.33. The summed E-state index contributed by atoms with van der Waals surface area (Å²) in [6.45, 7) is 14.3. The number of nitrogens with one attached hydrogen (secondary N) is 1. The Morgan fingerprint density at radius 3 is 2.03 bits per heavy atom. The minimum Gasteiger partial charge on any atom is -0.490 e. The highest BCUT2D eigenvalue weighted by Crippen LogP contribution is 2.39. The van der Waals surface area contributed by atoms with E-state index in [0.717, 1.165) is 44.1 Å². The molecule has 0 spiro atoms. The molecule has 3 rings (SSSR count). The first-order valence-corrected chi connectivity index (χ1v) is 11.5. The summed E-state index contributed by atoms with van der Waals surface area (Å²) in [5.41, 5.74) is 2.30. The van der Waals surface area contributed by atoms with Crippen molar-refractivity contribution in [1.82, 2.24) is 4.90 Å². The average molecular weight is 442 g/mol. The molecule has 0 aliphatic carbocycles. The van der Waals surface area contributed by atoms with Gasteiger partial charge in [0.15, 0.2) is 11.5 Å². The molecule has 1 fully saturated rings. The normalized spacial score (nSPS) is 14.2. The maximum atomic E-state index is 13.2. The largest absolute Gasteiger partial charge is 0.490 e. The van der Waals surface area contributed by atoms with Gasteiger partial charge in [-0.05, 0) is 51.6 Å². The predicted molar refractivity (Wildman–Crippen MR) is 129 cm³/mol. The van der Waals surface area contributed by atoms with Gasteiger partial charge in [0.25, 0.3) is 5.91 Å². The van der Waals surface area contributed by atoms with Crippen molar-refractivity contribution in [2.24, 2.45) is 0 Å². The number of likely N-dealkylation sites (N-methyl/N-ethyl adjacent to an activating group) is 1. The summed E-state index contributed by atoms with van der Waals surface area (Å²) in [6.07, 6.45) is 0. The van der Waals surface area contributed by atoms with Crippen LogP contribution < -0.4 is 24.4 Å². The minimum absolute atomic E-state index is 0.213. The number of benzene rings is 2. The third-order valence-corrected chi connectivity index (χ3v) is 5.48. The number of amides is 1. The lowest BCUT2D eigenvalue weighted by Crippen LogP contribution is -2.46. The molecule has 7 nitrogen and oxygen atoms in total. The van der Waals surface area contributed by atoms with Gasteiger partial charge in [-0.15, -0.1) is 0 Å². The molecule has 0 aromatic heterocycles. The molecule has 0 bridgehead atoms. The third-order valence-electron chi connectivity index (χ3n) is 5.48. The van der Waals surface area contributed by atoms with E-state index in [-0.39, 0.29) is 5.91 Å². The highest BCUT2D eigenvalue weighted by Gasteiger charge is 2.21. The maximum absolute atomic E-state index is 13.2. The second-order valence-electron chi connectivity index (χ2n) is 7.49. The lowest BCUT2D eigenvalue weighted by molar-refractivity contribution is 0.102. The molecule has 174 valence electrons. The Morgan fingerprint density at radius 2 is 1.47 bits per heavy atom. The van der Waals surface area contributed by atoms with E-state index in [1.165, 1.54) is 0 Å². The first-order valence-electron chi connectivity index (χ1n) is 11.5. The summed E-state index contributed by atoms with van der Waals surface area (Å²) in [6, 6.07) is 11.4. The van der Waals surface area contributed by atoms with E-state index in [4.69, 9.17) is 14.2 Å². The smallest absolute Gasteiger partial charge is 0.255 e. The van der Waals surface area contributed by atoms with Crippen molar-refractivity contribution in [1.29, 1.82) is 0 Å². The van der Waals surface area contributed by atoms with Gasteiger partial charge in [-0.3, -0.25) is 4.79 Å². The minimum atomic E-state index is -0.213. The highest BCUT2D eigenvalue weighted by atomic mass is 16.5. The molecule has 32 heavy (non-hydrogen) atoms. The molecule has 0 atom stereocenters. The highest BCUT2D eigenvalue weighted by molar-refractivity contribution is 6.06. The van der Waals surface area contributed by atoms with Gasteiger partial charge in [-0.25, -0.2) is 0 Å². The molecule has 1 amide bonds. The predicted octanol–water partition coefficient (Wildman–Crippen LogP) is 4.28. The molecule has 1 aliphatic heterocycles. The van der Waals surface area contributed by atoms with Gasteiger partial charge in [0.2, 0.25) is 5.75 Å². The summed E-state index contributed by atoms with van der Waals surface area (Å²) >= 11 is 0. The first kappa shape index (κ1) is 23.7. The van der Waals surface area contributed by atoms with Crippen LogP contribution in [0.3, 0.4) is 0 Å². The van der Waals surface area contributed by atoms with Crippen LogP contribution in [0.15, 0.2) is 36.4 Å². The van der Waals surface area contributed by atoms with Crippen LogP contribution in [-0.2, 0) is 0 Å². The van der Waals surface area contributed by atoms with Gasteiger partial charge in [-0.2, -0.15) is 0 Å². The Morgan fingerprint density at radius 1 is 0.875 bits per heavy atom. The van der Waals surface area contributed by atoms with E-state index in [2.05, 4.69) is 28.1 Å². The molecule has 1 aliphatic rings. The van der Waals surface area contributed by atoms with Gasteiger partial charge in [0.1, 0.15) is 0 Å². The zero-order valence-electron chi connectivity index (χ0n) is 19.6. The van der Waals surface area contributed by atoms with E-state index in [1.807, 2.05) is 39.0 Å². The number of para-hydroxylation sites is 2. The zero-order valence-corrected chi connectivity index (χ0v) is 19.6. The first-order chi connectivity index (χ1) is 15.6. The van der Waals surface area contributed by atoms with E-state index in [1.54, 1.807) is 12.1 Å². The number of anilines is 2. The SMILES string of the molecule is CCOc1cc(C(=O)Nc2ccccc2N2CCN(CC)CC2)cc(OCC)c1OCC. The van der Waals surface area contributed by atoms with Gasteiger partial charge in [0, 0.05) is 31.7 Å². The quantitative estimate of drug-likeness (QED) is 0.594. The molecule has 1 N–H and O–H groups in total. The van der Waals surface area contributed by atoms with Crippen LogP contribution in [-0.4, -0.2) is 63.4 Å². The van der Waals surface area contributed by atoms with Crippen molar-refractivity contribution in [2.75, 3.05) is 62.8 Å².